The van der Waals surface area contributed by atoms with E-state index in [1.54, 1.807) is 29.5 Å². The van der Waals surface area contributed by atoms with E-state index >= 15 is 0 Å². The van der Waals surface area contributed by atoms with E-state index in [9.17, 15) is 8.78 Å². The highest BCUT2D eigenvalue weighted by molar-refractivity contribution is 9.11. The summed E-state index contributed by atoms with van der Waals surface area (Å²) in [5.41, 5.74) is 0.718. The molecule has 0 aliphatic carbocycles. The molecule has 1 unspecified atom stereocenters. The Kier molecular flexibility index (Phi) is 5.51. The first kappa shape index (κ1) is 15.4. The van der Waals surface area contributed by atoms with E-state index in [2.05, 4.69) is 26.0 Å². The molecule has 0 aliphatic rings. The van der Waals surface area contributed by atoms with Gasteiger partial charge in [-0.1, -0.05) is 18.2 Å². The topological polar surface area (TPSA) is 21.3 Å². The van der Waals surface area contributed by atoms with Gasteiger partial charge < -0.3 is 10.1 Å². The molecule has 108 valence electrons. The first-order valence-electron chi connectivity index (χ1n) is 6.07. The van der Waals surface area contributed by atoms with Crippen molar-refractivity contribution >= 4 is 27.3 Å². The van der Waals surface area contributed by atoms with Gasteiger partial charge >= 0.3 is 6.61 Å². The highest BCUT2D eigenvalue weighted by Crippen LogP contribution is 2.28. The van der Waals surface area contributed by atoms with Gasteiger partial charge in [-0.05, 0) is 41.1 Å². The van der Waals surface area contributed by atoms with Crippen LogP contribution in [0, 0.1) is 0 Å². The van der Waals surface area contributed by atoms with Crippen molar-refractivity contribution in [2.75, 3.05) is 0 Å². The normalized spacial score (nSPS) is 12.7. The van der Waals surface area contributed by atoms with Crippen molar-refractivity contribution in [3.8, 4) is 5.75 Å². The van der Waals surface area contributed by atoms with Gasteiger partial charge in [0.15, 0.2) is 0 Å². The number of hydrogen-bond acceptors (Lipinski definition) is 3. The van der Waals surface area contributed by atoms with Crippen LogP contribution in [0.25, 0.3) is 0 Å². The molecule has 0 fully saturated rings. The van der Waals surface area contributed by atoms with E-state index in [1.807, 2.05) is 25.1 Å². The Morgan fingerprint density at radius 3 is 2.65 bits per heavy atom. The van der Waals surface area contributed by atoms with Gasteiger partial charge in [0.25, 0.3) is 0 Å². The van der Waals surface area contributed by atoms with Crippen molar-refractivity contribution < 1.29 is 13.5 Å². The number of benzene rings is 1. The predicted octanol–water partition coefficient (Wildman–Crippen LogP) is 4.96. The monoisotopic (exact) mass is 361 g/mol. The molecule has 1 atom stereocenters. The number of ether oxygens (including phenoxy) is 1. The number of hydrogen-bond donors (Lipinski definition) is 1. The second-order valence-corrected chi connectivity index (χ2v) is 6.73. The zero-order valence-corrected chi connectivity index (χ0v) is 13.2. The summed E-state index contributed by atoms with van der Waals surface area (Å²) in [7, 11) is 0. The first-order chi connectivity index (χ1) is 9.56. The second-order valence-electron chi connectivity index (χ2n) is 4.23. The van der Waals surface area contributed by atoms with Crippen LogP contribution in [-0.4, -0.2) is 6.61 Å². The Morgan fingerprint density at radius 2 is 2.00 bits per heavy atom. The standard InChI is InChI=1S/C14H14BrF2NOS/c1-9(12-6-7-13(15)20-12)18-8-10-4-2-3-5-11(10)19-14(16)17/h2-7,9,14,18H,8H2,1H3. The molecule has 2 aromatic rings. The maximum absolute atomic E-state index is 12.3. The summed E-state index contributed by atoms with van der Waals surface area (Å²) in [5, 5.41) is 3.31. The van der Waals surface area contributed by atoms with Crippen LogP contribution in [-0.2, 0) is 6.54 Å². The quantitative estimate of drug-likeness (QED) is 0.784. The van der Waals surface area contributed by atoms with Gasteiger partial charge in [-0.2, -0.15) is 8.78 Å². The number of halogens is 3. The van der Waals surface area contributed by atoms with Crippen LogP contribution in [0.1, 0.15) is 23.4 Å². The molecule has 20 heavy (non-hydrogen) atoms. The van der Waals surface area contributed by atoms with Crippen LogP contribution in [0.5, 0.6) is 5.75 Å². The van der Waals surface area contributed by atoms with Crippen LogP contribution < -0.4 is 10.1 Å². The molecule has 0 bridgehead atoms. The summed E-state index contributed by atoms with van der Waals surface area (Å²) >= 11 is 5.07. The van der Waals surface area contributed by atoms with E-state index < -0.39 is 6.61 Å². The summed E-state index contributed by atoms with van der Waals surface area (Å²) < 4.78 is 30.2. The van der Waals surface area contributed by atoms with Crippen LogP contribution in [0.4, 0.5) is 8.78 Å². The summed E-state index contributed by atoms with van der Waals surface area (Å²) in [4.78, 5) is 1.18. The molecule has 2 nitrogen and oxygen atoms in total. The van der Waals surface area contributed by atoms with E-state index in [0.717, 1.165) is 9.35 Å². The fourth-order valence-electron chi connectivity index (χ4n) is 1.79. The zero-order chi connectivity index (χ0) is 14.5. The lowest BCUT2D eigenvalue weighted by Crippen LogP contribution is -2.18. The zero-order valence-electron chi connectivity index (χ0n) is 10.8. The van der Waals surface area contributed by atoms with Gasteiger partial charge in [-0.3, -0.25) is 0 Å². The van der Waals surface area contributed by atoms with Crippen molar-refractivity contribution in [1.29, 1.82) is 0 Å². The minimum atomic E-state index is -2.80. The molecule has 0 saturated carbocycles. The van der Waals surface area contributed by atoms with Crippen molar-refractivity contribution in [1.82, 2.24) is 5.32 Å². The van der Waals surface area contributed by atoms with Crippen molar-refractivity contribution in [2.45, 2.75) is 26.1 Å². The molecule has 2 rings (SSSR count). The highest BCUT2D eigenvalue weighted by Gasteiger charge is 2.11. The molecule has 1 aromatic carbocycles. The van der Waals surface area contributed by atoms with E-state index in [-0.39, 0.29) is 11.8 Å². The van der Waals surface area contributed by atoms with Crippen molar-refractivity contribution in [2.24, 2.45) is 0 Å². The maximum Gasteiger partial charge on any atom is 0.387 e. The van der Waals surface area contributed by atoms with Gasteiger partial charge in [0.2, 0.25) is 0 Å². The number of alkyl halides is 2. The third-order valence-corrected chi connectivity index (χ3v) is 4.61. The molecule has 0 saturated heterocycles. The van der Waals surface area contributed by atoms with E-state index in [4.69, 9.17) is 0 Å². The van der Waals surface area contributed by atoms with E-state index in [0.29, 0.717) is 6.54 Å². The molecule has 0 radical (unpaired) electrons. The number of thiophene rings is 1. The Labute approximate surface area is 128 Å². The SMILES string of the molecule is CC(NCc1ccccc1OC(F)F)c1ccc(Br)s1. The van der Waals surface area contributed by atoms with Crippen LogP contribution in [0.2, 0.25) is 0 Å². The summed E-state index contributed by atoms with van der Waals surface area (Å²) in [6.07, 6.45) is 0. The minimum absolute atomic E-state index is 0.144. The molecule has 6 heteroatoms. The summed E-state index contributed by atoms with van der Waals surface area (Å²) in [6, 6.07) is 11.0. The largest absolute Gasteiger partial charge is 0.434 e. The smallest absolute Gasteiger partial charge is 0.387 e. The molecule has 1 aromatic heterocycles. The Balaban J connectivity index is 2.00. The summed E-state index contributed by atoms with van der Waals surface area (Å²) in [5.74, 6) is 0.217. The predicted molar refractivity (Wildman–Crippen MR) is 80.3 cm³/mol. The van der Waals surface area contributed by atoms with Gasteiger partial charge in [0, 0.05) is 23.0 Å². The molecule has 0 aliphatic heterocycles. The van der Waals surface area contributed by atoms with Crippen molar-refractivity contribution in [3.63, 3.8) is 0 Å². The number of rotatable bonds is 6. The lowest BCUT2D eigenvalue weighted by atomic mass is 10.2. The number of nitrogens with one attached hydrogen (secondary N) is 1. The Morgan fingerprint density at radius 1 is 1.25 bits per heavy atom. The number of para-hydroxylation sites is 1. The van der Waals surface area contributed by atoms with Gasteiger partial charge in [-0.25, -0.2) is 0 Å². The first-order valence-corrected chi connectivity index (χ1v) is 7.68. The molecule has 1 heterocycles. The van der Waals surface area contributed by atoms with Gasteiger partial charge in [-0.15, -0.1) is 11.3 Å². The van der Waals surface area contributed by atoms with Gasteiger partial charge in [0.1, 0.15) is 5.75 Å². The highest BCUT2D eigenvalue weighted by atomic mass is 79.9. The molecular formula is C14H14BrF2NOS. The van der Waals surface area contributed by atoms with Crippen molar-refractivity contribution in [3.05, 3.63) is 50.6 Å². The van der Waals surface area contributed by atoms with Crippen LogP contribution >= 0.6 is 27.3 Å². The van der Waals surface area contributed by atoms with E-state index in [1.165, 1.54) is 4.88 Å². The van der Waals surface area contributed by atoms with Crippen LogP contribution in [0.15, 0.2) is 40.2 Å². The fourth-order valence-corrected chi connectivity index (χ4v) is 3.24. The third kappa shape index (κ3) is 4.26. The maximum atomic E-state index is 12.3. The Bertz CT molecular complexity index is 562. The summed E-state index contributed by atoms with van der Waals surface area (Å²) in [6.45, 7) is -0.295. The average molecular weight is 362 g/mol. The molecule has 0 amide bonds. The fraction of sp³-hybridized carbons (Fsp3) is 0.286. The minimum Gasteiger partial charge on any atom is -0.434 e. The molecule has 0 spiro atoms. The average Bonchev–Trinajstić information content (AvgIpc) is 2.83. The third-order valence-electron chi connectivity index (χ3n) is 2.81. The Hall–Kier alpha value is -0.980. The lowest BCUT2D eigenvalue weighted by molar-refractivity contribution is -0.0505. The lowest BCUT2D eigenvalue weighted by Gasteiger charge is -2.15. The van der Waals surface area contributed by atoms with Gasteiger partial charge in [0.05, 0.1) is 3.79 Å². The molecular weight excluding hydrogens is 348 g/mol. The van der Waals surface area contributed by atoms with Crippen LogP contribution in [0.3, 0.4) is 0 Å². The second kappa shape index (κ2) is 7.15. The molecule has 1 N–H and O–H groups in total.